The molecule has 1 aromatic carbocycles. The van der Waals surface area contributed by atoms with Crippen molar-refractivity contribution in [1.82, 2.24) is 0 Å². The van der Waals surface area contributed by atoms with E-state index in [1.165, 1.54) is 0 Å². The molecule has 0 aliphatic carbocycles. The highest BCUT2D eigenvalue weighted by atomic mass is 16.5. The van der Waals surface area contributed by atoms with E-state index in [4.69, 9.17) is 16.9 Å². The van der Waals surface area contributed by atoms with E-state index in [9.17, 15) is 0 Å². The molecule has 0 saturated carbocycles. The minimum atomic E-state index is 0.121. The number of hydrogen-bond acceptors (Lipinski definition) is 2. The van der Waals surface area contributed by atoms with Crippen molar-refractivity contribution in [2.75, 3.05) is 6.61 Å². The molecule has 0 amide bonds. The highest BCUT2D eigenvalue weighted by molar-refractivity contribution is 5.28. The molecule has 0 fully saturated rings. The molecule has 0 radical (unpaired) electrons. The molecule has 0 aliphatic heterocycles. The molecule has 1 atom stereocenters. The number of rotatable bonds is 6. The van der Waals surface area contributed by atoms with Crippen LogP contribution in [0.4, 0.5) is 0 Å². The normalized spacial score (nSPS) is 11.8. The van der Waals surface area contributed by atoms with Gasteiger partial charge in [-0.2, -0.15) is 0 Å². The summed E-state index contributed by atoms with van der Waals surface area (Å²) in [6.45, 7) is 2.75. The molecule has 1 aromatic rings. The van der Waals surface area contributed by atoms with E-state index in [0.717, 1.165) is 30.6 Å². The molecule has 0 aromatic heterocycles. The molecule has 16 heavy (non-hydrogen) atoms. The Bertz CT molecular complexity index is 337. The summed E-state index contributed by atoms with van der Waals surface area (Å²) in [5.74, 6) is 3.47. The average molecular weight is 217 g/mol. The van der Waals surface area contributed by atoms with Gasteiger partial charge < -0.3 is 10.5 Å². The van der Waals surface area contributed by atoms with Gasteiger partial charge >= 0.3 is 0 Å². The topological polar surface area (TPSA) is 35.2 Å². The van der Waals surface area contributed by atoms with Gasteiger partial charge in [0.1, 0.15) is 5.75 Å². The second-order valence-corrected chi connectivity index (χ2v) is 3.74. The lowest BCUT2D eigenvalue weighted by Gasteiger charge is -2.10. The fraction of sp³-hybridized carbons (Fsp3) is 0.429. The molecule has 2 N–H and O–H groups in total. The predicted molar refractivity (Wildman–Crippen MR) is 67.2 cm³/mol. The number of unbranched alkanes of at least 4 members (excludes halogenated alkanes) is 1. The largest absolute Gasteiger partial charge is 0.494 e. The number of nitrogens with two attached hydrogens (primary N) is 1. The summed E-state index contributed by atoms with van der Waals surface area (Å²) in [4.78, 5) is 0. The van der Waals surface area contributed by atoms with Gasteiger partial charge in [-0.05, 0) is 30.5 Å². The zero-order valence-electron chi connectivity index (χ0n) is 9.78. The molecule has 2 nitrogen and oxygen atoms in total. The molecule has 0 bridgehead atoms. The lowest BCUT2D eigenvalue weighted by molar-refractivity contribution is 0.313. The van der Waals surface area contributed by atoms with Crippen molar-refractivity contribution in [3.63, 3.8) is 0 Å². The van der Waals surface area contributed by atoms with Gasteiger partial charge in [-0.1, -0.05) is 19.1 Å². The lowest BCUT2D eigenvalue weighted by Crippen LogP contribution is -2.08. The summed E-state index contributed by atoms with van der Waals surface area (Å²) in [7, 11) is 0. The summed E-state index contributed by atoms with van der Waals surface area (Å²) < 4.78 is 5.54. The Morgan fingerprint density at radius 2 is 2.06 bits per heavy atom. The first-order chi connectivity index (χ1) is 7.77. The van der Waals surface area contributed by atoms with E-state index in [0.29, 0.717) is 6.61 Å². The van der Waals surface area contributed by atoms with Crippen LogP contribution in [0.5, 0.6) is 5.75 Å². The third kappa shape index (κ3) is 3.96. The summed E-state index contributed by atoms with van der Waals surface area (Å²) in [6, 6.07) is 8.08. The number of benzene rings is 1. The van der Waals surface area contributed by atoms with Crippen LogP contribution in [-0.2, 0) is 0 Å². The Kier molecular flexibility index (Phi) is 5.45. The van der Waals surface area contributed by atoms with E-state index in [2.05, 4.69) is 12.8 Å². The van der Waals surface area contributed by atoms with Crippen molar-refractivity contribution < 1.29 is 4.74 Å². The fourth-order valence-corrected chi connectivity index (χ4v) is 1.41. The SMILES string of the molecule is C#CCCCOc1ccc([C@@H](N)CC)cc1. The Morgan fingerprint density at radius 1 is 1.38 bits per heavy atom. The number of ether oxygens (including phenoxy) is 1. The van der Waals surface area contributed by atoms with Crippen LogP contribution in [0.25, 0.3) is 0 Å². The van der Waals surface area contributed by atoms with Gasteiger partial charge in [0, 0.05) is 12.5 Å². The summed E-state index contributed by atoms with van der Waals surface area (Å²) in [6.07, 6.45) is 7.76. The maximum Gasteiger partial charge on any atom is 0.119 e. The van der Waals surface area contributed by atoms with Gasteiger partial charge in [-0.3, -0.25) is 0 Å². The van der Waals surface area contributed by atoms with Crippen LogP contribution in [0.1, 0.15) is 37.8 Å². The van der Waals surface area contributed by atoms with Crippen LogP contribution >= 0.6 is 0 Å². The van der Waals surface area contributed by atoms with Crippen LogP contribution in [-0.4, -0.2) is 6.61 Å². The Balaban J connectivity index is 2.43. The zero-order valence-corrected chi connectivity index (χ0v) is 9.78. The zero-order chi connectivity index (χ0) is 11.8. The van der Waals surface area contributed by atoms with Crippen LogP contribution in [0.15, 0.2) is 24.3 Å². The van der Waals surface area contributed by atoms with Crippen molar-refractivity contribution in [2.24, 2.45) is 5.73 Å². The number of hydrogen-bond donors (Lipinski definition) is 1. The first-order valence-corrected chi connectivity index (χ1v) is 5.69. The molecule has 0 saturated heterocycles. The molecule has 86 valence electrons. The maximum atomic E-state index is 5.92. The highest BCUT2D eigenvalue weighted by Gasteiger charge is 2.02. The average Bonchev–Trinajstić information content (AvgIpc) is 2.34. The highest BCUT2D eigenvalue weighted by Crippen LogP contribution is 2.18. The molecule has 0 unspecified atom stereocenters. The van der Waals surface area contributed by atoms with Gasteiger partial charge in [-0.15, -0.1) is 12.3 Å². The van der Waals surface area contributed by atoms with Crippen LogP contribution in [0.3, 0.4) is 0 Å². The number of terminal acetylenes is 1. The van der Waals surface area contributed by atoms with E-state index in [1.54, 1.807) is 0 Å². The summed E-state index contributed by atoms with van der Waals surface area (Å²) in [5, 5.41) is 0. The molecule has 0 spiro atoms. The van der Waals surface area contributed by atoms with Crippen LogP contribution < -0.4 is 10.5 Å². The van der Waals surface area contributed by atoms with Crippen molar-refractivity contribution in [2.45, 2.75) is 32.2 Å². The second-order valence-electron chi connectivity index (χ2n) is 3.74. The molecular formula is C14H19NO. The van der Waals surface area contributed by atoms with Gasteiger partial charge in [0.25, 0.3) is 0 Å². The Hall–Kier alpha value is -1.46. The standard InChI is InChI=1S/C14H19NO/c1-3-5-6-11-16-13-9-7-12(8-10-13)14(15)4-2/h1,7-10,14H,4-6,11,15H2,2H3/t14-/m0/s1. The Morgan fingerprint density at radius 3 is 2.62 bits per heavy atom. The molecular weight excluding hydrogens is 198 g/mol. The Labute approximate surface area is 97.8 Å². The second kappa shape index (κ2) is 6.92. The minimum absolute atomic E-state index is 0.121. The third-order valence-corrected chi connectivity index (χ3v) is 2.48. The summed E-state index contributed by atoms with van der Waals surface area (Å²) in [5.41, 5.74) is 7.07. The molecule has 2 heteroatoms. The lowest BCUT2D eigenvalue weighted by atomic mass is 10.1. The van der Waals surface area contributed by atoms with E-state index < -0.39 is 0 Å². The molecule has 0 aliphatic rings. The van der Waals surface area contributed by atoms with Gasteiger partial charge in [-0.25, -0.2) is 0 Å². The van der Waals surface area contributed by atoms with Gasteiger partial charge in [0.05, 0.1) is 6.61 Å². The predicted octanol–water partition coefficient (Wildman–Crippen LogP) is 2.89. The first-order valence-electron chi connectivity index (χ1n) is 5.69. The quantitative estimate of drug-likeness (QED) is 0.587. The van der Waals surface area contributed by atoms with E-state index >= 15 is 0 Å². The van der Waals surface area contributed by atoms with Gasteiger partial charge in [0.15, 0.2) is 0 Å². The minimum Gasteiger partial charge on any atom is -0.494 e. The van der Waals surface area contributed by atoms with E-state index in [1.807, 2.05) is 24.3 Å². The fourth-order valence-electron chi connectivity index (χ4n) is 1.41. The van der Waals surface area contributed by atoms with Crippen molar-refractivity contribution in [3.05, 3.63) is 29.8 Å². The summed E-state index contributed by atoms with van der Waals surface area (Å²) >= 11 is 0. The van der Waals surface area contributed by atoms with Crippen molar-refractivity contribution >= 4 is 0 Å². The van der Waals surface area contributed by atoms with Crippen LogP contribution in [0, 0.1) is 12.3 Å². The van der Waals surface area contributed by atoms with Crippen molar-refractivity contribution in [1.29, 1.82) is 0 Å². The van der Waals surface area contributed by atoms with Crippen LogP contribution in [0.2, 0.25) is 0 Å². The third-order valence-electron chi connectivity index (χ3n) is 2.48. The molecule has 1 rings (SSSR count). The molecule has 0 heterocycles. The smallest absolute Gasteiger partial charge is 0.119 e. The van der Waals surface area contributed by atoms with E-state index in [-0.39, 0.29) is 6.04 Å². The first kappa shape index (κ1) is 12.6. The van der Waals surface area contributed by atoms with Crippen molar-refractivity contribution in [3.8, 4) is 18.1 Å². The monoisotopic (exact) mass is 217 g/mol. The maximum absolute atomic E-state index is 5.92. The van der Waals surface area contributed by atoms with Gasteiger partial charge in [0.2, 0.25) is 0 Å².